The minimum Gasteiger partial charge on any atom is -0.486 e. The Labute approximate surface area is 131 Å². The van der Waals surface area contributed by atoms with E-state index >= 15 is 0 Å². The lowest BCUT2D eigenvalue weighted by Gasteiger charge is -2.22. The Kier molecular flexibility index (Phi) is 6.27. The van der Waals surface area contributed by atoms with Crippen molar-refractivity contribution in [1.29, 1.82) is 0 Å². The van der Waals surface area contributed by atoms with Crippen LogP contribution < -0.4 is 0 Å². The number of carbonyl (C=O) groups excluding carboxylic acids is 1. The van der Waals surface area contributed by atoms with Gasteiger partial charge in [-0.05, 0) is 50.6 Å². The second kappa shape index (κ2) is 8.44. The third kappa shape index (κ3) is 5.41. The van der Waals surface area contributed by atoms with Gasteiger partial charge in [-0.3, -0.25) is 9.69 Å². The quantitative estimate of drug-likeness (QED) is 0.678. The van der Waals surface area contributed by atoms with E-state index in [0.717, 1.165) is 31.6 Å². The number of allylic oxidation sites excluding steroid dienone is 5. The summed E-state index contributed by atoms with van der Waals surface area (Å²) in [6.45, 7) is 0.849. The zero-order valence-electron chi connectivity index (χ0n) is 12.9. The molecule has 1 amide bonds. The maximum atomic E-state index is 10.9. The Bertz CT molecular complexity index is 520. The van der Waals surface area contributed by atoms with Gasteiger partial charge < -0.3 is 4.74 Å². The first-order valence-corrected chi connectivity index (χ1v) is 7.60. The van der Waals surface area contributed by atoms with Crippen LogP contribution in [0.3, 0.4) is 0 Å². The van der Waals surface area contributed by atoms with Gasteiger partial charge in [0.25, 0.3) is 5.91 Å². The number of nitroso groups, excluding NO2 is 1. The highest BCUT2D eigenvalue weighted by Gasteiger charge is 2.14. The molecule has 0 aromatic heterocycles. The summed E-state index contributed by atoms with van der Waals surface area (Å²) in [7, 11) is 1.82. The van der Waals surface area contributed by atoms with Gasteiger partial charge in [0.15, 0.2) is 0 Å². The summed E-state index contributed by atoms with van der Waals surface area (Å²) in [5.41, 5.74) is 0. The average molecular weight is 302 g/mol. The standard InChI is InChI=1S/C17H22N2O3/c1-19(13-17(20)18-21)12-11-14-7-9-16(10-8-14)22-15-5-3-2-4-6-15/h2-5,7,9-10,14-15H,6,8,11-13H2,1H3/t14?,15-/m0/s1. The fourth-order valence-electron chi connectivity index (χ4n) is 2.49. The Hall–Kier alpha value is -2.01. The Morgan fingerprint density at radius 3 is 2.86 bits per heavy atom. The molecular weight excluding hydrogens is 280 g/mol. The smallest absolute Gasteiger partial charge is 0.300 e. The van der Waals surface area contributed by atoms with Crippen molar-refractivity contribution in [3.63, 3.8) is 0 Å². The van der Waals surface area contributed by atoms with Crippen molar-refractivity contribution in [2.75, 3.05) is 20.1 Å². The van der Waals surface area contributed by atoms with E-state index in [4.69, 9.17) is 4.74 Å². The van der Waals surface area contributed by atoms with Gasteiger partial charge in [0, 0.05) is 11.6 Å². The van der Waals surface area contributed by atoms with Crippen LogP contribution in [0.5, 0.6) is 0 Å². The van der Waals surface area contributed by atoms with Crippen molar-refractivity contribution < 1.29 is 9.53 Å². The Morgan fingerprint density at radius 2 is 2.23 bits per heavy atom. The number of ether oxygens (including phenoxy) is 1. The number of carbonyl (C=O) groups is 1. The molecule has 2 aliphatic carbocycles. The molecule has 2 rings (SSSR count). The first-order valence-electron chi connectivity index (χ1n) is 7.60. The fourth-order valence-corrected chi connectivity index (χ4v) is 2.49. The lowest BCUT2D eigenvalue weighted by molar-refractivity contribution is -0.118. The van der Waals surface area contributed by atoms with Crippen molar-refractivity contribution in [2.24, 2.45) is 11.1 Å². The lowest BCUT2D eigenvalue weighted by Crippen LogP contribution is -2.27. The van der Waals surface area contributed by atoms with Crippen molar-refractivity contribution >= 4 is 5.91 Å². The summed E-state index contributed by atoms with van der Waals surface area (Å²) >= 11 is 0. The molecule has 5 nitrogen and oxygen atoms in total. The van der Waals surface area contributed by atoms with E-state index in [0.29, 0.717) is 5.92 Å². The molecule has 2 aliphatic rings. The molecule has 0 spiro atoms. The molecule has 0 saturated heterocycles. The number of amides is 1. The molecule has 0 fully saturated rings. The molecule has 2 atom stereocenters. The number of rotatable bonds is 7. The van der Waals surface area contributed by atoms with Gasteiger partial charge in [0.1, 0.15) is 11.9 Å². The minimum atomic E-state index is -0.619. The third-order valence-corrected chi connectivity index (χ3v) is 3.77. The fraction of sp³-hybridized carbons (Fsp3) is 0.471. The van der Waals surface area contributed by atoms with E-state index in [-0.39, 0.29) is 12.6 Å². The first kappa shape index (κ1) is 16.4. The summed E-state index contributed by atoms with van der Waals surface area (Å²) in [6, 6.07) is 0. The maximum Gasteiger partial charge on any atom is 0.300 e. The summed E-state index contributed by atoms with van der Waals surface area (Å²) in [5, 5.41) is 2.41. The molecule has 0 aliphatic heterocycles. The Morgan fingerprint density at radius 1 is 1.36 bits per heavy atom. The van der Waals surface area contributed by atoms with Crippen LogP contribution in [0.25, 0.3) is 0 Å². The zero-order chi connectivity index (χ0) is 15.8. The predicted octanol–water partition coefficient (Wildman–Crippen LogP) is 2.96. The SMILES string of the molecule is CN(CCC1C=CC(O[C@H]2C=CC=CC2)=CC1)CC(=O)N=O. The van der Waals surface area contributed by atoms with Gasteiger partial charge in [-0.25, -0.2) is 0 Å². The molecule has 5 heteroatoms. The molecule has 22 heavy (non-hydrogen) atoms. The van der Waals surface area contributed by atoms with Gasteiger partial charge in [0.05, 0.1) is 6.54 Å². The molecule has 0 N–H and O–H groups in total. The van der Waals surface area contributed by atoms with Crippen LogP contribution in [-0.2, 0) is 9.53 Å². The highest BCUT2D eigenvalue weighted by Crippen LogP contribution is 2.22. The molecular formula is C17H22N2O3. The molecule has 0 radical (unpaired) electrons. The lowest BCUT2D eigenvalue weighted by atomic mass is 9.96. The molecule has 0 aromatic carbocycles. The molecule has 118 valence electrons. The van der Waals surface area contributed by atoms with Crippen molar-refractivity contribution in [3.8, 4) is 0 Å². The van der Waals surface area contributed by atoms with E-state index in [9.17, 15) is 9.70 Å². The molecule has 0 aromatic rings. The summed E-state index contributed by atoms with van der Waals surface area (Å²) < 4.78 is 5.91. The average Bonchev–Trinajstić information content (AvgIpc) is 2.55. The van der Waals surface area contributed by atoms with E-state index in [2.05, 4.69) is 29.5 Å². The second-order valence-electron chi connectivity index (χ2n) is 5.68. The van der Waals surface area contributed by atoms with E-state index in [1.165, 1.54) is 0 Å². The number of likely N-dealkylation sites (N-methyl/N-ethyl adjacent to an activating group) is 1. The second-order valence-corrected chi connectivity index (χ2v) is 5.68. The van der Waals surface area contributed by atoms with Gasteiger partial charge in [-0.15, -0.1) is 4.91 Å². The van der Waals surface area contributed by atoms with Crippen LogP contribution in [0.2, 0.25) is 0 Å². The van der Waals surface area contributed by atoms with Crippen LogP contribution in [0, 0.1) is 10.8 Å². The Balaban J connectivity index is 1.69. The normalized spacial score (nSPS) is 23.5. The van der Waals surface area contributed by atoms with Crippen molar-refractivity contribution in [1.82, 2.24) is 4.90 Å². The summed E-state index contributed by atoms with van der Waals surface area (Å²) in [5.74, 6) is 0.748. The van der Waals surface area contributed by atoms with E-state index in [1.54, 1.807) is 0 Å². The first-order chi connectivity index (χ1) is 10.7. The van der Waals surface area contributed by atoms with Crippen LogP contribution in [0.1, 0.15) is 19.3 Å². The van der Waals surface area contributed by atoms with Crippen LogP contribution in [0.4, 0.5) is 0 Å². The monoisotopic (exact) mass is 302 g/mol. The molecule has 0 heterocycles. The number of hydrogen-bond acceptors (Lipinski definition) is 4. The highest BCUT2D eigenvalue weighted by molar-refractivity contribution is 5.78. The minimum absolute atomic E-state index is 0.0890. The molecule has 0 saturated carbocycles. The van der Waals surface area contributed by atoms with Gasteiger partial charge in [-0.1, -0.05) is 24.3 Å². The van der Waals surface area contributed by atoms with Crippen LogP contribution in [0.15, 0.2) is 53.5 Å². The maximum absolute atomic E-state index is 10.9. The van der Waals surface area contributed by atoms with Gasteiger partial charge in [-0.2, -0.15) is 0 Å². The van der Waals surface area contributed by atoms with Crippen LogP contribution >= 0.6 is 0 Å². The highest BCUT2D eigenvalue weighted by atomic mass is 16.5. The van der Waals surface area contributed by atoms with Crippen molar-refractivity contribution in [3.05, 3.63) is 53.2 Å². The van der Waals surface area contributed by atoms with Gasteiger partial charge in [0.2, 0.25) is 0 Å². The van der Waals surface area contributed by atoms with Crippen molar-refractivity contribution in [2.45, 2.75) is 25.4 Å². The zero-order valence-corrected chi connectivity index (χ0v) is 12.9. The topological polar surface area (TPSA) is 59.0 Å². The summed E-state index contributed by atoms with van der Waals surface area (Å²) in [4.78, 5) is 22.8. The number of nitrogens with zero attached hydrogens (tertiary/aromatic N) is 2. The molecule has 0 bridgehead atoms. The van der Waals surface area contributed by atoms with Gasteiger partial charge >= 0.3 is 0 Å². The van der Waals surface area contributed by atoms with Crippen LogP contribution in [-0.4, -0.2) is 37.0 Å². The van der Waals surface area contributed by atoms with E-state index < -0.39 is 5.91 Å². The molecule has 1 unspecified atom stereocenters. The third-order valence-electron chi connectivity index (χ3n) is 3.77. The van der Waals surface area contributed by atoms with E-state index in [1.807, 2.05) is 30.2 Å². The predicted molar refractivity (Wildman–Crippen MR) is 86.0 cm³/mol. The largest absolute Gasteiger partial charge is 0.486 e. The number of hydrogen-bond donors (Lipinski definition) is 0. The summed E-state index contributed by atoms with van der Waals surface area (Å²) in [6.07, 6.45) is 17.4.